The average Bonchev–Trinajstić information content (AvgIpc) is 2.35. The number of hydrogen-bond acceptors (Lipinski definition) is 3. The molecule has 0 bridgehead atoms. The number of allylic oxidation sites excluding steroid dienone is 3. The first-order chi connectivity index (χ1) is 7.70. The molecule has 1 rings (SSSR count). The van der Waals surface area contributed by atoms with Crippen LogP contribution in [0, 0.1) is 0 Å². The second-order valence-electron chi connectivity index (χ2n) is 3.00. The minimum absolute atomic E-state index is 0.406. The predicted octanol–water partition coefficient (Wildman–Crippen LogP) is 2.87. The molecular formula is C13H12O2S. The SMILES string of the molecule is C=C/C=C(\SC)C(=O)C(=O)c1ccccc1. The lowest BCUT2D eigenvalue weighted by Crippen LogP contribution is -2.14. The second kappa shape index (κ2) is 6.08. The summed E-state index contributed by atoms with van der Waals surface area (Å²) in [7, 11) is 0. The van der Waals surface area contributed by atoms with Crippen molar-refractivity contribution in [2.75, 3.05) is 6.26 Å². The molecule has 0 radical (unpaired) electrons. The van der Waals surface area contributed by atoms with Gasteiger partial charge in [-0.05, 0) is 12.3 Å². The predicted molar refractivity (Wildman–Crippen MR) is 67.6 cm³/mol. The molecule has 0 unspecified atom stereocenters. The fraction of sp³-hybridized carbons (Fsp3) is 0.0769. The summed E-state index contributed by atoms with van der Waals surface area (Å²) in [6.07, 6.45) is 4.81. The second-order valence-corrected chi connectivity index (χ2v) is 3.84. The van der Waals surface area contributed by atoms with Gasteiger partial charge in [-0.3, -0.25) is 9.59 Å². The number of rotatable bonds is 5. The maximum absolute atomic E-state index is 11.8. The van der Waals surface area contributed by atoms with Crippen molar-refractivity contribution in [1.29, 1.82) is 0 Å². The van der Waals surface area contributed by atoms with Gasteiger partial charge in [0.15, 0.2) is 0 Å². The number of hydrogen-bond donors (Lipinski definition) is 0. The van der Waals surface area contributed by atoms with Crippen LogP contribution in [-0.2, 0) is 4.79 Å². The van der Waals surface area contributed by atoms with Gasteiger partial charge in [-0.1, -0.05) is 43.0 Å². The summed E-state index contributed by atoms with van der Waals surface area (Å²) in [5, 5.41) is 0. The van der Waals surface area contributed by atoms with E-state index in [2.05, 4.69) is 6.58 Å². The van der Waals surface area contributed by atoms with Crippen LogP contribution in [0.2, 0.25) is 0 Å². The zero-order valence-electron chi connectivity index (χ0n) is 8.97. The van der Waals surface area contributed by atoms with Crippen molar-refractivity contribution in [1.82, 2.24) is 0 Å². The molecule has 0 atom stereocenters. The zero-order chi connectivity index (χ0) is 12.0. The molecule has 0 amide bonds. The highest BCUT2D eigenvalue weighted by Gasteiger charge is 2.19. The van der Waals surface area contributed by atoms with Gasteiger partial charge in [0.05, 0.1) is 4.91 Å². The van der Waals surface area contributed by atoms with E-state index < -0.39 is 11.6 Å². The molecule has 0 fully saturated rings. The largest absolute Gasteiger partial charge is 0.285 e. The van der Waals surface area contributed by atoms with Gasteiger partial charge < -0.3 is 0 Å². The van der Waals surface area contributed by atoms with Crippen molar-refractivity contribution in [2.45, 2.75) is 0 Å². The molecule has 16 heavy (non-hydrogen) atoms. The van der Waals surface area contributed by atoms with Gasteiger partial charge in [-0.25, -0.2) is 0 Å². The van der Waals surface area contributed by atoms with Crippen LogP contribution in [0.15, 0.2) is 54.0 Å². The highest BCUT2D eigenvalue weighted by molar-refractivity contribution is 8.03. The lowest BCUT2D eigenvalue weighted by atomic mass is 10.1. The van der Waals surface area contributed by atoms with Crippen molar-refractivity contribution in [2.24, 2.45) is 0 Å². The minimum Gasteiger partial charge on any atom is -0.285 e. The third-order valence-corrected chi connectivity index (χ3v) is 2.72. The number of Topliss-reactive ketones (excluding diaryl/α,β-unsaturated/α-hetero) is 2. The van der Waals surface area contributed by atoms with Gasteiger partial charge in [0.25, 0.3) is 0 Å². The van der Waals surface area contributed by atoms with Gasteiger partial charge in [0, 0.05) is 5.56 Å². The van der Waals surface area contributed by atoms with Crippen LogP contribution in [0.1, 0.15) is 10.4 Å². The molecule has 0 aliphatic heterocycles. The van der Waals surface area contributed by atoms with E-state index in [-0.39, 0.29) is 0 Å². The maximum atomic E-state index is 11.8. The van der Waals surface area contributed by atoms with E-state index in [0.29, 0.717) is 10.5 Å². The van der Waals surface area contributed by atoms with Crippen LogP contribution in [0.25, 0.3) is 0 Å². The van der Waals surface area contributed by atoms with E-state index in [0.717, 1.165) is 0 Å². The monoisotopic (exact) mass is 232 g/mol. The Hall–Kier alpha value is -1.61. The van der Waals surface area contributed by atoms with Crippen LogP contribution < -0.4 is 0 Å². The molecule has 0 spiro atoms. The summed E-state index contributed by atoms with van der Waals surface area (Å²) in [5.41, 5.74) is 0.413. The molecule has 0 saturated heterocycles. The molecule has 2 nitrogen and oxygen atoms in total. The fourth-order valence-corrected chi connectivity index (χ4v) is 1.69. The third-order valence-electron chi connectivity index (χ3n) is 1.96. The molecule has 0 saturated carbocycles. The Morgan fingerprint density at radius 2 is 1.88 bits per heavy atom. The van der Waals surface area contributed by atoms with Crippen LogP contribution >= 0.6 is 11.8 Å². The van der Waals surface area contributed by atoms with Crippen LogP contribution in [-0.4, -0.2) is 17.8 Å². The summed E-state index contributed by atoms with van der Waals surface area (Å²) >= 11 is 1.25. The van der Waals surface area contributed by atoms with Crippen molar-refractivity contribution in [3.63, 3.8) is 0 Å². The standard InChI is InChI=1S/C13H12O2S/c1-3-7-11(16-2)13(15)12(14)10-8-5-4-6-9-10/h3-9H,1H2,2H3/b11-7-. The number of benzene rings is 1. The molecule has 0 aromatic heterocycles. The first-order valence-corrected chi connectivity index (χ1v) is 5.94. The lowest BCUT2D eigenvalue weighted by Gasteiger charge is -2.01. The quantitative estimate of drug-likeness (QED) is 0.339. The minimum atomic E-state index is -0.487. The molecule has 0 aliphatic carbocycles. The fourth-order valence-electron chi connectivity index (χ4n) is 1.18. The normalized spacial score (nSPS) is 10.9. The molecule has 1 aromatic carbocycles. The Morgan fingerprint density at radius 1 is 1.25 bits per heavy atom. The van der Waals surface area contributed by atoms with E-state index >= 15 is 0 Å². The first kappa shape index (κ1) is 12.5. The van der Waals surface area contributed by atoms with Gasteiger partial charge in [0.2, 0.25) is 11.6 Å². The van der Waals surface area contributed by atoms with E-state index in [4.69, 9.17) is 0 Å². The Morgan fingerprint density at radius 3 is 2.38 bits per heavy atom. The summed E-state index contributed by atoms with van der Waals surface area (Å²) < 4.78 is 0. The van der Waals surface area contributed by atoms with Gasteiger partial charge in [-0.2, -0.15) is 0 Å². The summed E-state index contributed by atoms with van der Waals surface area (Å²) in [4.78, 5) is 24.0. The summed E-state index contributed by atoms with van der Waals surface area (Å²) in [5.74, 6) is -0.971. The van der Waals surface area contributed by atoms with E-state index in [1.165, 1.54) is 17.8 Å². The number of thioether (sulfide) groups is 1. The molecule has 82 valence electrons. The van der Waals surface area contributed by atoms with E-state index in [1.54, 1.807) is 42.7 Å². The third kappa shape index (κ3) is 2.94. The highest BCUT2D eigenvalue weighted by Crippen LogP contribution is 2.15. The highest BCUT2D eigenvalue weighted by atomic mass is 32.2. The number of carbonyl (C=O) groups excluding carboxylic acids is 2. The van der Waals surface area contributed by atoms with Gasteiger partial charge in [0.1, 0.15) is 0 Å². The Balaban J connectivity index is 2.95. The molecular weight excluding hydrogens is 220 g/mol. The van der Waals surface area contributed by atoms with Gasteiger partial charge >= 0.3 is 0 Å². The molecule has 1 aromatic rings. The number of ketones is 2. The van der Waals surface area contributed by atoms with Crippen LogP contribution in [0.5, 0.6) is 0 Å². The maximum Gasteiger partial charge on any atom is 0.239 e. The molecule has 3 heteroatoms. The Bertz CT molecular complexity index is 433. The van der Waals surface area contributed by atoms with Crippen LogP contribution in [0.4, 0.5) is 0 Å². The smallest absolute Gasteiger partial charge is 0.239 e. The summed E-state index contributed by atoms with van der Waals surface area (Å²) in [6.45, 7) is 3.51. The van der Waals surface area contributed by atoms with Crippen LogP contribution in [0.3, 0.4) is 0 Å². The van der Waals surface area contributed by atoms with Gasteiger partial charge in [-0.15, -0.1) is 11.8 Å². The Kier molecular flexibility index (Phi) is 4.73. The number of carbonyl (C=O) groups is 2. The van der Waals surface area contributed by atoms with Crippen molar-refractivity contribution < 1.29 is 9.59 Å². The zero-order valence-corrected chi connectivity index (χ0v) is 9.79. The van der Waals surface area contributed by atoms with E-state index in [1.807, 2.05) is 0 Å². The summed E-state index contributed by atoms with van der Waals surface area (Å²) in [6, 6.07) is 8.53. The Labute approximate surface area is 99.1 Å². The van der Waals surface area contributed by atoms with Crippen molar-refractivity contribution in [3.8, 4) is 0 Å². The molecule has 0 heterocycles. The van der Waals surface area contributed by atoms with E-state index in [9.17, 15) is 9.59 Å². The van der Waals surface area contributed by atoms with Crippen molar-refractivity contribution in [3.05, 3.63) is 59.5 Å². The van der Waals surface area contributed by atoms with Crippen molar-refractivity contribution >= 4 is 23.3 Å². The molecule has 0 aliphatic rings. The topological polar surface area (TPSA) is 34.1 Å². The average molecular weight is 232 g/mol. The molecule has 0 N–H and O–H groups in total. The first-order valence-electron chi connectivity index (χ1n) is 4.71. The lowest BCUT2D eigenvalue weighted by molar-refractivity contribution is -0.111.